The van der Waals surface area contributed by atoms with Crippen molar-refractivity contribution in [2.24, 2.45) is 0 Å². The maximum atomic E-state index is 12.9. The van der Waals surface area contributed by atoms with Gasteiger partial charge in [-0.05, 0) is 22.9 Å². The predicted molar refractivity (Wildman–Crippen MR) is 43.8 cm³/mol. The topological polar surface area (TPSA) is 25.8 Å². The summed E-state index contributed by atoms with van der Waals surface area (Å²) in [5.74, 6) is 0.290. The fraction of sp³-hybridized carbons (Fsp3) is 0.429. The quantitative estimate of drug-likeness (QED) is 0.677. The predicted octanol–water partition coefficient (Wildman–Crippen LogP) is 2.25. The van der Waals surface area contributed by atoms with Crippen molar-refractivity contribution in [2.45, 2.75) is 20.3 Å². The first-order valence-corrected chi connectivity index (χ1v) is 4.13. The van der Waals surface area contributed by atoms with Crippen molar-refractivity contribution in [1.29, 1.82) is 0 Å². The molecule has 0 aromatic carbocycles. The average molecular weight is 219 g/mol. The number of nitrogens with zero attached hydrogens (tertiary/aromatic N) is 2. The van der Waals surface area contributed by atoms with Gasteiger partial charge in [0.2, 0.25) is 0 Å². The molecular weight excluding hydrogens is 211 g/mol. The van der Waals surface area contributed by atoms with E-state index in [0.29, 0.717) is 11.5 Å². The normalized spacial score (nSPS) is 10.2. The molecule has 4 heteroatoms. The summed E-state index contributed by atoms with van der Waals surface area (Å²) in [7, 11) is 0. The van der Waals surface area contributed by atoms with E-state index in [9.17, 15) is 4.39 Å². The summed E-state index contributed by atoms with van der Waals surface area (Å²) in [6, 6.07) is 0. The van der Waals surface area contributed by atoms with Crippen LogP contribution in [0.25, 0.3) is 0 Å². The van der Waals surface area contributed by atoms with Crippen LogP contribution in [-0.4, -0.2) is 9.97 Å². The second kappa shape index (κ2) is 3.26. The Kier molecular flexibility index (Phi) is 2.54. The summed E-state index contributed by atoms with van der Waals surface area (Å²) in [5.41, 5.74) is 0.392. The van der Waals surface area contributed by atoms with Crippen LogP contribution in [0.15, 0.2) is 4.60 Å². The van der Waals surface area contributed by atoms with E-state index in [0.717, 1.165) is 6.42 Å². The summed E-state index contributed by atoms with van der Waals surface area (Å²) in [6.07, 6.45) is 0.722. The number of hydrogen-bond acceptors (Lipinski definition) is 2. The molecule has 1 aromatic heterocycles. The van der Waals surface area contributed by atoms with Gasteiger partial charge in [0.15, 0.2) is 5.82 Å². The molecule has 0 saturated carbocycles. The number of rotatable bonds is 1. The van der Waals surface area contributed by atoms with E-state index in [4.69, 9.17) is 0 Å². The molecule has 11 heavy (non-hydrogen) atoms. The maximum absolute atomic E-state index is 12.9. The Morgan fingerprint density at radius 3 is 2.55 bits per heavy atom. The van der Waals surface area contributed by atoms with Gasteiger partial charge in [-0.1, -0.05) is 6.92 Å². The van der Waals surface area contributed by atoms with Gasteiger partial charge in [-0.15, -0.1) is 0 Å². The Morgan fingerprint density at radius 2 is 2.09 bits per heavy atom. The SMILES string of the molecule is CCc1nc(C)c(F)c(Br)n1. The van der Waals surface area contributed by atoms with E-state index in [-0.39, 0.29) is 10.4 Å². The lowest BCUT2D eigenvalue weighted by Gasteiger charge is -2.00. The van der Waals surface area contributed by atoms with Crippen LogP contribution in [0.5, 0.6) is 0 Å². The molecule has 1 heterocycles. The van der Waals surface area contributed by atoms with Gasteiger partial charge < -0.3 is 0 Å². The molecule has 0 atom stereocenters. The molecular formula is C7H8BrFN2. The van der Waals surface area contributed by atoms with Crippen LogP contribution < -0.4 is 0 Å². The summed E-state index contributed by atoms with van der Waals surface area (Å²) in [4.78, 5) is 7.82. The average Bonchev–Trinajstić information content (AvgIpc) is 1.99. The Hall–Kier alpha value is -0.510. The fourth-order valence-electron chi connectivity index (χ4n) is 0.737. The molecule has 0 aliphatic heterocycles. The third-order valence-corrected chi connectivity index (χ3v) is 1.86. The van der Waals surface area contributed by atoms with Crippen LogP contribution in [-0.2, 0) is 6.42 Å². The minimum Gasteiger partial charge on any atom is -0.235 e. The van der Waals surface area contributed by atoms with Gasteiger partial charge in [-0.25, -0.2) is 14.4 Å². The van der Waals surface area contributed by atoms with Crippen molar-refractivity contribution in [2.75, 3.05) is 0 Å². The van der Waals surface area contributed by atoms with Gasteiger partial charge in [-0.3, -0.25) is 0 Å². The molecule has 1 rings (SSSR count). The molecule has 2 nitrogen and oxygen atoms in total. The van der Waals surface area contributed by atoms with Crippen molar-refractivity contribution in [1.82, 2.24) is 9.97 Å². The second-order valence-corrected chi connectivity index (χ2v) is 2.93. The molecule has 0 amide bonds. The smallest absolute Gasteiger partial charge is 0.177 e. The molecule has 0 aliphatic rings. The van der Waals surface area contributed by atoms with Gasteiger partial charge >= 0.3 is 0 Å². The highest BCUT2D eigenvalue weighted by Crippen LogP contribution is 2.14. The Morgan fingerprint density at radius 1 is 1.45 bits per heavy atom. The number of aromatic nitrogens is 2. The van der Waals surface area contributed by atoms with Crippen LogP contribution in [0, 0.1) is 12.7 Å². The number of halogens is 2. The first kappa shape index (κ1) is 8.59. The van der Waals surface area contributed by atoms with Crippen molar-refractivity contribution >= 4 is 15.9 Å². The second-order valence-electron chi connectivity index (χ2n) is 2.18. The van der Waals surface area contributed by atoms with Crippen molar-refractivity contribution in [3.8, 4) is 0 Å². The summed E-state index contributed by atoms with van der Waals surface area (Å²) >= 11 is 3.01. The molecule has 0 aliphatic carbocycles. The third kappa shape index (κ3) is 1.74. The van der Waals surface area contributed by atoms with Crippen LogP contribution in [0.4, 0.5) is 4.39 Å². The van der Waals surface area contributed by atoms with Crippen molar-refractivity contribution in [3.63, 3.8) is 0 Å². The molecule has 0 spiro atoms. The zero-order valence-corrected chi connectivity index (χ0v) is 7.94. The van der Waals surface area contributed by atoms with Gasteiger partial charge in [0, 0.05) is 6.42 Å². The summed E-state index contributed by atoms with van der Waals surface area (Å²) < 4.78 is 13.1. The Balaban J connectivity index is 3.21. The molecule has 0 saturated heterocycles. The van der Waals surface area contributed by atoms with Gasteiger partial charge in [-0.2, -0.15) is 0 Å². The van der Waals surface area contributed by atoms with E-state index in [1.54, 1.807) is 6.92 Å². The maximum Gasteiger partial charge on any atom is 0.177 e. The number of aryl methyl sites for hydroxylation is 2. The molecule has 0 radical (unpaired) electrons. The first-order valence-electron chi connectivity index (χ1n) is 3.33. The van der Waals surface area contributed by atoms with Gasteiger partial charge in [0.05, 0.1) is 5.69 Å². The zero-order valence-electron chi connectivity index (χ0n) is 6.36. The van der Waals surface area contributed by atoms with Crippen molar-refractivity contribution < 1.29 is 4.39 Å². The van der Waals surface area contributed by atoms with Crippen LogP contribution in [0.1, 0.15) is 18.4 Å². The third-order valence-electron chi connectivity index (χ3n) is 1.34. The lowest BCUT2D eigenvalue weighted by Crippen LogP contribution is -1.99. The molecule has 0 fully saturated rings. The van der Waals surface area contributed by atoms with Gasteiger partial charge in [0.1, 0.15) is 10.4 Å². The highest BCUT2D eigenvalue weighted by molar-refractivity contribution is 9.10. The fourth-order valence-corrected chi connectivity index (χ4v) is 1.23. The van der Waals surface area contributed by atoms with Crippen LogP contribution in [0.3, 0.4) is 0 Å². The van der Waals surface area contributed by atoms with Gasteiger partial charge in [0.25, 0.3) is 0 Å². The zero-order chi connectivity index (χ0) is 8.43. The van der Waals surface area contributed by atoms with E-state index in [1.165, 1.54) is 0 Å². The minimum absolute atomic E-state index is 0.252. The molecule has 0 N–H and O–H groups in total. The largest absolute Gasteiger partial charge is 0.235 e. The Bertz CT molecular complexity index is 252. The monoisotopic (exact) mass is 218 g/mol. The molecule has 0 unspecified atom stereocenters. The van der Waals surface area contributed by atoms with E-state index < -0.39 is 0 Å². The highest BCUT2D eigenvalue weighted by Gasteiger charge is 2.06. The molecule has 1 aromatic rings. The number of hydrogen-bond donors (Lipinski definition) is 0. The van der Waals surface area contributed by atoms with Crippen LogP contribution in [0.2, 0.25) is 0 Å². The highest BCUT2D eigenvalue weighted by atomic mass is 79.9. The van der Waals surface area contributed by atoms with E-state index >= 15 is 0 Å². The minimum atomic E-state index is -0.373. The Labute approximate surface area is 73.0 Å². The standard InChI is InChI=1S/C7H8BrFN2/c1-3-5-10-4(2)6(9)7(8)11-5/h3H2,1-2H3. The van der Waals surface area contributed by atoms with Crippen molar-refractivity contribution in [3.05, 3.63) is 21.9 Å². The lowest BCUT2D eigenvalue weighted by molar-refractivity contribution is 0.587. The van der Waals surface area contributed by atoms with E-state index in [1.807, 2.05) is 6.92 Å². The van der Waals surface area contributed by atoms with Crippen LogP contribution >= 0.6 is 15.9 Å². The lowest BCUT2D eigenvalue weighted by atomic mass is 10.4. The molecule has 0 bridgehead atoms. The van der Waals surface area contributed by atoms with E-state index in [2.05, 4.69) is 25.9 Å². The molecule has 60 valence electrons. The first-order chi connectivity index (χ1) is 5.15. The summed E-state index contributed by atoms with van der Waals surface area (Å²) in [6.45, 7) is 3.56. The summed E-state index contributed by atoms with van der Waals surface area (Å²) in [5, 5.41) is 0.